The predicted octanol–water partition coefficient (Wildman–Crippen LogP) is 3.48. The predicted molar refractivity (Wildman–Crippen MR) is 137 cm³/mol. The summed E-state index contributed by atoms with van der Waals surface area (Å²) in [6.45, 7) is 6.99. The van der Waals surface area contributed by atoms with Gasteiger partial charge in [-0.05, 0) is 60.7 Å². The molecule has 0 radical (unpaired) electrons. The molecule has 37 heavy (non-hydrogen) atoms. The Morgan fingerprint density at radius 2 is 1.65 bits per heavy atom. The minimum atomic E-state index is -3.62. The van der Waals surface area contributed by atoms with Gasteiger partial charge in [0.25, 0.3) is 10.0 Å². The summed E-state index contributed by atoms with van der Waals surface area (Å²) in [4.78, 5) is 24.2. The molecule has 0 bridgehead atoms. The molecule has 9 nitrogen and oxygen atoms in total. The van der Waals surface area contributed by atoms with Crippen molar-refractivity contribution < 1.29 is 32.6 Å². The standard InChI is InChI=1S/C22H30FN3O2S.C4H4O4/c1-22(2)12-5-13-26(17-22)24-29(27,28)21-7-4-6-19(14-21)16-25(3)15-18-8-10-20(23)11-9-18;5-3(6)1-2-4(7)8/h4,6-11,14,24H,5,12-13,15-17H2,1-3H3;1-2H,(H,5,6)(H,7,8). The molecule has 0 aliphatic carbocycles. The number of piperidine rings is 1. The first-order valence-corrected chi connectivity index (χ1v) is 13.2. The zero-order valence-electron chi connectivity index (χ0n) is 21.2. The van der Waals surface area contributed by atoms with E-state index in [1.165, 1.54) is 12.1 Å². The third kappa shape index (κ3) is 11.2. The van der Waals surface area contributed by atoms with Crippen molar-refractivity contribution in [2.75, 3.05) is 20.1 Å². The van der Waals surface area contributed by atoms with Crippen LogP contribution in [0.2, 0.25) is 0 Å². The van der Waals surface area contributed by atoms with Crippen LogP contribution in [0.25, 0.3) is 0 Å². The van der Waals surface area contributed by atoms with Crippen LogP contribution in [0.3, 0.4) is 0 Å². The summed E-state index contributed by atoms with van der Waals surface area (Å²) in [6, 6.07) is 13.5. The third-order valence-electron chi connectivity index (χ3n) is 5.55. The van der Waals surface area contributed by atoms with E-state index in [1.54, 1.807) is 30.3 Å². The normalized spacial score (nSPS) is 15.8. The first kappa shape index (κ1) is 30.1. The molecule has 0 spiro atoms. The van der Waals surface area contributed by atoms with Crippen LogP contribution in [0.4, 0.5) is 4.39 Å². The molecule has 1 heterocycles. The quantitative estimate of drug-likeness (QED) is 0.417. The number of nitrogens with one attached hydrogen (secondary N) is 1. The minimum absolute atomic E-state index is 0.103. The van der Waals surface area contributed by atoms with Crippen molar-refractivity contribution in [2.24, 2.45) is 5.41 Å². The maximum absolute atomic E-state index is 13.1. The molecular weight excluding hydrogens is 501 g/mol. The van der Waals surface area contributed by atoms with Crippen molar-refractivity contribution in [2.45, 2.75) is 44.7 Å². The maximum Gasteiger partial charge on any atom is 0.328 e. The topological polar surface area (TPSA) is 127 Å². The molecule has 1 aliphatic rings. The van der Waals surface area contributed by atoms with E-state index in [0.29, 0.717) is 31.8 Å². The molecule has 0 aromatic heterocycles. The molecule has 1 saturated heterocycles. The number of carboxylic acids is 2. The van der Waals surface area contributed by atoms with Gasteiger partial charge in [0.05, 0.1) is 4.90 Å². The first-order chi connectivity index (χ1) is 17.3. The minimum Gasteiger partial charge on any atom is -0.478 e. The number of hydrogen-bond donors (Lipinski definition) is 3. The Morgan fingerprint density at radius 3 is 2.22 bits per heavy atom. The fourth-order valence-corrected chi connectivity index (χ4v) is 5.11. The van der Waals surface area contributed by atoms with Gasteiger partial charge in [-0.25, -0.2) is 27.4 Å². The van der Waals surface area contributed by atoms with Gasteiger partial charge in [0.15, 0.2) is 0 Å². The highest BCUT2D eigenvalue weighted by Crippen LogP contribution is 2.28. The van der Waals surface area contributed by atoms with Crippen molar-refractivity contribution in [3.05, 3.63) is 77.6 Å². The summed E-state index contributed by atoms with van der Waals surface area (Å²) in [5, 5.41) is 17.4. The van der Waals surface area contributed by atoms with Crippen LogP contribution in [-0.4, -0.2) is 60.6 Å². The summed E-state index contributed by atoms with van der Waals surface area (Å²) < 4.78 is 38.8. The van der Waals surface area contributed by atoms with E-state index < -0.39 is 22.0 Å². The number of halogens is 1. The summed E-state index contributed by atoms with van der Waals surface area (Å²) in [6.07, 6.45) is 3.19. The van der Waals surface area contributed by atoms with Crippen molar-refractivity contribution >= 4 is 22.0 Å². The first-order valence-electron chi connectivity index (χ1n) is 11.7. The van der Waals surface area contributed by atoms with Gasteiger partial charge < -0.3 is 10.2 Å². The van der Waals surface area contributed by atoms with E-state index in [4.69, 9.17) is 10.2 Å². The van der Waals surface area contributed by atoms with Crippen LogP contribution < -0.4 is 4.83 Å². The molecule has 2 aromatic carbocycles. The summed E-state index contributed by atoms with van der Waals surface area (Å²) in [7, 11) is -1.66. The molecule has 0 saturated carbocycles. The summed E-state index contributed by atoms with van der Waals surface area (Å²) in [5.41, 5.74) is 2.02. The van der Waals surface area contributed by atoms with Crippen LogP contribution in [0.1, 0.15) is 37.8 Å². The number of hydrazine groups is 1. The molecule has 202 valence electrons. The van der Waals surface area contributed by atoms with E-state index in [-0.39, 0.29) is 16.1 Å². The molecule has 2 aromatic rings. The van der Waals surface area contributed by atoms with Gasteiger partial charge in [-0.3, -0.25) is 4.90 Å². The Hall–Kier alpha value is -3.12. The fourth-order valence-electron chi connectivity index (χ4n) is 3.95. The average Bonchev–Trinajstić information content (AvgIpc) is 2.79. The van der Waals surface area contributed by atoms with Gasteiger partial charge in [0, 0.05) is 38.3 Å². The van der Waals surface area contributed by atoms with Gasteiger partial charge >= 0.3 is 11.9 Å². The Morgan fingerprint density at radius 1 is 1.05 bits per heavy atom. The van der Waals surface area contributed by atoms with Crippen molar-refractivity contribution in [1.82, 2.24) is 14.7 Å². The monoisotopic (exact) mass is 535 g/mol. The molecular formula is C26H34FN3O6S. The molecule has 0 atom stereocenters. The van der Waals surface area contributed by atoms with E-state index in [0.717, 1.165) is 30.5 Å². The summed E-state index contributed by atoms with van der Waals surface area (Å²) >= 11 is 0. The van der Waals surface area contributed by atoms with Crippen molar-refractivity contribution in [1.29, 1.82) is 0 Å². The second-order valence-electron chi connectivity index (χ2n) is 9.74. The summed E-state index contributed by atoms with van der Waals surface area (Å²) in [5.74, 6) is -2.77. The molecule has 1 fully saturated rings. The van der Waals surface area contributed by atoms with Gasteiger partial charge in [0.2, 0.25) is 0 Å². The van der Waals surface area contributed by atoms with E-state index in [9.17, 15) is 22.4 Å². The average molecular weight is 536 g/mol. The highest BCUT2D eigenvalue weighted by Gasteiger charge is 2.29. The smallest absolute Gasteiger partial charge is 0.328 e. The van der Waals surface area contributed by atoms with Crippen LogP contribution in [-0.2, 0) is 32.7 Å². The van der Waals surface area contributed by atoms with Gasteiger partial charge in [-0.1, -0.05) is 38.1 Å². The Bertz CT molecular complexity index is 1180. The number of carbonyl (C=O) groups is 2. The molecule has 1 aliphatic heterocycles. The highest BCUT2D eigenvalue weighted by atomic mass is 32.2. The van der Waals surface area contributed by atoms with Crippen molar-refractivity contribution in [3.8, 4) is 0 Å². The Balaban J connectivity index is 0.000000521. The Kier molecular flexibility index (Phi) is 10.9. The fraction of sp³-hybridized carbons (Fsp3) is 0.385. The number of nitrogens with zero attached hydrogens (tertiary/aromatic N) is 2. The van der Waals surface area contributed by atoms with E-state index in [2.05, 4.69) is 23.6 Å². The lowest BCUT2D eigenvalue weighted by atomic mass is 9.85. The number of sulfonamides is 1. The third-order valence-corrected chi connectivity index (χ3v) is 6.92. The lowest BCUT2D eigenvalue weighted by Gasteiger charge is -2.37. The largest absolute Gasteiger partial charge is 0.478 e. The van der Waals surface area contributed by atoms with Crippen molar-refractivity contribution in [3.63, 3.8) is 0 Å². The zero-order valence-corrected chi connectivity index (χ0v) is 22.0. The molecule has 11 heteroatoms. The zero-order chi connectivity index (χ0) is 27.6. The molecule has 3 rings (SSSR count). The lowest BCUT2D eigenvalue weighted by molar-refractivity contribution is -0.134. The second kappa shape index (κ2) is 13.4. The maximum atomic E-state index is 13.1. The van der Waals surface area contributed by atoms with Gasteiger partial charge in [-0.15, -0.1) is 4.83 Å². The number of hydrogen-bond acceptors (Lipinski definition) is 6. The van der Waals surface area contributed by atoms with E-state index in [1.807, 2.05) is 18.1 Å². The SMILES string of the molecule is CN(Cc1ccc(F)cc1)Cc1cccc(S(=O)(=O)NN2CCCC(C)(C)C2)c1.O=C(O)C=CC(=O)O. The van der Waals surface area contributed by atoms with Gasteiger partial charge in [-0.2, -0.15) is 0 Å². The van der Waals surface area contributed by atoms with Crippen LogP contribution >= 0.6 is 0 Å². The number of aliphatic carboxylic acids is 2. The number of benzene rings is 2. The number of carboxylic acid groups (broad SMARTS) is 2. The lowest BCUT2D eigenvalue weighted by Crippen LogP contribution is -2.50. The highest BCUT2D eigenvalue weighted by molar-refractivity contribution is 7.89. The van der Waals surface area contributed by atoms with Crippen LogP contribution in [0, 0.1) is 11.2 Å². The number of rotatable bonds is 9. The Labute approximate surface area is 217 Å². The van der Waals surface area contributed by atoms with Crippen LogP contribution in [0.15, 0.2) is 65.6 Å². The van der Waals surface area contributed by atoms with Crippen LogP contribution in [0.5, 0.6) is 0 Å². The second-order valence-corrected chi connectivity index (χ2v) is 11.4. The molecule has 0 unspecified atom stereocenters. The van der Waals surface area contributed by atoms with Gasteiger partial charge in [0.1, 0.15) is 5.82 Å². The molecule has 0 amide bonds. The molecule has 3 N–H and O–H groups in total. The van der Waals surface area contributed by atoms with E-state index >= 15 is 0 Å².